The molecule has 2 aromatic carbocycles. The number of nitrogens with one attached hydrogen (secondary N) is 2. The zero-order valence-corrected chi connectivity index (χ0v) is 16.2. The number of methoxy groups -OCH3 is 1. The first kappa shape index (κ1) is 18.5. The second-order valence-electron chi connectivity index (χ2n) is 6.19. The van der Waals surface area contributed by atoms with Gasteiger partial charge in [0, 0.05) is 15.7 Å². The molecule has 1 amide bonds. The Hall–Kier alpha value is -1.85. The smallest absolute Gasteiger partial charge is 0.279 e. The van der Waals surface area contributed by atoms with E-state index in [4.69, 9.17) is 4.74 Å². The third-order valence-electron chi connectivity index (χ3n) is 3.70. The lowest BCUT2D eigenvalue weighted by Crippen LogP contribution is -3.08. The van der Waals surface area contributed by atoms with E-state index in [0.717, 1.165) is 37.5 Å². The molecule has 2 rings (SSSR count). The van der Waals surface area contributed by atoms with Gasteiger partial charge in [0.2, 0.25) is 0 Å². The van der Waals surface area contributed by atoms with Gasteiger partial charge in [0.1, 0.15) is 12.3 Å². The molecule has 0 fully saturated rings. The van der Waals surface area contributed by atoms with Gasteiger partial charge in [0.15, 0.2) is 6.54 Å². The van der Waals surface area contributed by atoms with Crippen LogP contribution in [0.4, 0.5) is 5.69 Å². The SMILES string of the molecule is COc1ccc(Br)cc1C[NH+](C)CC(=O)Nc1cc(C)cc(C)c1. The molecule has 0 aliphatic carbocycles. The van der Waals surface area contributed by atoms with E-state index in [1.165, 1.54) is 0 Å². The molecule has 2 aromatic rings. The molecule has 5 heteroatoms. The number of ether oxygens (including phenoxy) is 1. The maximum atomic E-state index is 12.3. The summed E-state index contributed by atoms with van der Waals surface area (Å²) in [6.45, 7) is 5.16. The van der Waals surface area contributed by atoms with E-state index < -0.39 is 0 Å². The number of amides is 1. The van der Waals surface area contributed by atoms with Gasteiger partial charge in [-0.1, -0.05) is 22.0 Å². The van der Waals surface area contributed by atoms with Crippen LogP contribution in [-0.2, 0) is 11.3 Å². The molecule has 0 spiro atoms. The van der Waals surface area contributed by atoms with Crippen molar-refractivity contribution < 1.29 is 14.4 Å². The van der Waals surface area contributed by atoms with Crippen molar-refractivity contribution in [3.63, 3.8) is 0 Å². The lowest BCUT2D eigenvalue weighted by molar-refractivity contribution is -0.885. The first-order chi connectivity index (χ1) is 11.4. The average molecular weight is 392 g/mol. The Labute approximate surface area is 151 Å². The number of carbonyl (C=O) groups is 1. The first-order valence-electron chi connectivity index (χ1n) is 7.89. The zero-order chi connectivity index (χ0) is 17.7. The van der Waals surface area contributed by atoms with Crippen LogP contribution < -0.4 is 15.0 Å². The third kappa shape index (κ3) is 5.35. The van der Waals surface area contributed by atoms with Crippen LogP contribution in [0.15, 0.2) is 40.9 Å². The van der Waals surface area contributed by atoms with Gasteiger partial charge < -0.3 is 15.0 Å². The molecule has 0 aliphatic heterocycles. The molecule has 0 saturated carbocycles. The van der Waals surface area contributed by atoms with Gasteiger partial charge in [0.05, 0.1) is 14.2 Å². The minimum Gasteiger partial charge on any atom is -0.496 e. The van der Waals surface area contributed by atoms with Crippen LogP contribution in [0.3, 0.4) is 0 Å². The van der Waals surface area contributed by atoms with Crippen LogP contribution in [-0.4, -0.2) is 26.6 Å². The van der Waals surface area contributed by atoms with Crippen LogP contribution in [0, 0.1) is 13.8 Å². The lowest BCUT2D eigenvalue weighted by Gasteiger charge is -2.16. The van der Waals surface area contributed by atoms with Crippen LogP contribution in [0.25, 0.3) is 0 Å². The minimum absolute atomic E-state index is 0.00598. The van der Waals surface area contributed by atoms with Crippen molar-refractivity contribution in [2.24, 2.45) is 0 Å². The van der Waals surface area contributed by atoms with Crippen molar-refractivity contribution in [3.05, 3.63) is 57.6 Å². The molecule has 4 nitrogen and oxygen atoms in total. The van der Waals surface area contributed by atoms with Crippen molar-refractivity contribution in [1.29, 1.82) is 0 Å². The molecule has 0 aromatic heterocycles. The molecular weight excluding hydrogens is 368 g/mol. The van der Waals surface area contributed by atoms with Crippen LogP contribution >= 0.6 is 15.9 Å². The van der Waals surface area contributed by atoms with E-state index in [1.807, 2.05) is 51.2 Å². The van der Waals surface area contributed by atoms with E-state index in [-0.39, 0.29) is 5.91 Å². The summed E-state index contributed by atoms with van der Waals surface area (Å²) in [4.78, 5) is 13.4. The highest BCUT2D eigenvalue weighted by Crippen LogP contribution is 2.22. The fourth-order valence-corrected chi connectivity index (χ4v) is 3.21. The fourth-order valence-electron chi connectivity index (χ4n) is 2.80. The van der Waals surface area contributed by atoms with Crippen molar-refractivity contribution in [1.82, 2.24) is 0 Å². The summed E-state index contributed by atoms with van der Waals surface area (Å²) in [7, 11) is 3.66. The second kappa shape index (κ2) is 8.31. The minimum atomic E-state index is 0.00598. The van der Waals surface area contributed by atoms with Crippen molar-refractivity contribution in [2.75, 3.05) is 26.0 Å². The van der Waals surface area contributed by atoms with E-state index in [0.29, 0.717) is 13.1 Å². The molecule has 0 saturated heterocycles. The molecule has 0 heterocycles. The number of halogens is 1. The Bertz CT molecular complexity index is 711. The molecule has 1 unspecified atom stereocenters. The number of carbonyl (C=O) groups excluding carboxylic acids is 1. The van der Waals surface area contributed by atoms with Crippen LogP contribution in [0.2, 0.25) is 0 Å². The van der Waals surface area contributed by atoms with Crippen molar-refractivity contribution >= 4 is 27.5 Å². The topological polar surface area (TPSA) is 42.8 Å². The predicted molar refractivity (Wildman–Crippen MR) is 101 cm³/mol. The first-order valence-corrected chi connectivity index (χ1v) is 8.68. The molecular formula is C19H24BrN2O2+. The van der Waals surface area contributed by atoms with Gasteiger partial charge in [-0.25, -0.2) is 0 Å². The Balaban J connectivity index is 1.98. The predicted octanol–water partition coefficient (Wildman–Crippen LogP) is 2.73. The maximum absolute atomic E-state index is 12.3. The Morgan fingerprint density at radius 1 is 1.17 bits per heavy atom. The molecule has 24 heavy (non-hydrogen) atoms. The highest BCUT2D eigenvalue weighted by molar-refractivity contribution is 9.10. The molecule has 128 valence electrons. The van der Waals surface area contributed by atoms with E-state index in [2.05, 4.69) is 27.3 Å². The molecule has 0 bridgehead atoms. The maximum Gasteiger partial charge on any atom is 0.279 e. The van der Waals surface area contributed by atoms with Gasteiger partial charge >= 0.3 is 0 Å². The number of hydrogen-bond acceptors (Lipinski definition) is 2. The van der Waals surface area contributed by atoms with Gasteiger partial charge in [0.25, 0.3) is 5.91 Å². The highest BCUT2D eigenvalue weighted by atomic mass is 79.9. The number of hydrogen-bond donors (Lipinski definition) is 2. The zero-order valence-electron chi connectivity index (χ0n) is 14.6. The molecule has 0 aliphatic rings. The number of quaternary nitrogens is 1. The van der Waals surface area contributed by atoms with Crippen molar-refractivity contribution in [3.8, 4) is 5.75 Å². The summed E-state index contributed by atoms with van der Waals surface area (Å²) >= 11 is 3.48. The molecule has 0 radical (unpaired) electrons. The summed E-state index contributed by atoms with van der Waals surface area (Å²) in [6, 6.07) is 12.0. The Morgan fingerprint density at radius 2 is 1.83 bits per heavy atom. The van der Waals surface area contributed by atoms with E-state index in [1.54, 1.807) is 7.11 Å². The van der Waals surface area contributed by atoms with E-state index >= 15 is 0 Å². The second-order valence-corrected chi connectivity index (χ2v) is 7.11. The monoisotopic (exact) mass is 391 g/mol. The van der Waals surface area contributed by atoms with Gasteiger partial charge in [-0.2, -0.15) is 0 Å². The summed E-state index contributed by atoms with van der Waals surface area (Å²) in [5, 5.41) is 2.98. The Morgan fingerprint density at radius 3 is 2.46 bits per heavy atom. The normalized spacial score (nSPS) is 11.9. The fraction of sp³-hybridized carbons (Fsp3) is 0.316. The summed E-state index contributed by atoms with van der Waals surface area (Å²) in [5.74, 6) is 0.846. The van der Waals surface area contributed by atoms with Gasteiger partial charge in [-0.15, -0.1) is 0 Å². The number of rotatable bonds is 6. The summed E-state index contributed by atoms with van der Waals surface area (Å²) in [6.07, 6.45) is 0. The number of aryl methyl sites for hydroxylation is 2. The summed E-state index contributed by atoms with van der Waals surface area (Å²) < 4.78 is 6.40. The van der Waals surface area contributed by atoms with Crippen LogP contribution in [0.5, 0.6) is 5.75 Å². The van der Waals surface area contributed by atoms with Crippen LogP contribution in [0.1, 0.15) is 16.7 Å². The summed E-state index contributed by atoms with van der Waals surface area (Å²) in [5.41, 5.74) is 4.21. The number of anilines is 1. The third-order valence-corrected chi connectivity index (χ3v) is 4.20. The average Bonchev–Trinajstić information content (AvgIpc) is 2.45. The molecule has 1 atom stereocenters. The number of likely N-dealkylation sites (N-methyl/N-ethyl adjacent to an activating group) is 1. The Kier molecular flexibility index (Phi) is 6.40. The van der Waals surface area contributed by atoms with Gasteiger partial charge in [-0.05, 0) is 55.3 Å². The highest BCUT2D eigenvalue weighted by Gasteiger charge is 2.14. The lowest BCUT2D eigenvalue weighted by atomic mass is 10.1. The molecule has 2 N–H and O–H groups in total. The largest absolute Gasteiger partial charge is 0.496 e. The number of benzene rings is 2. The standard InChI is InChI=1S/C19H23BrN2O2/c1-13-7-14(2)9-17(8-13)21-19(23)12-22(3)11-15-10-16(20)5-6-18(15)24-4/h5-10H,11-12H2,1-4H3,(H,21,23)/p+1. The quantitative estimate of drug-likeness (QED) is 0.794. The van der Waals surface area contributed by atoms with Crippen molar-refractivity contribution in [2.45, 2.75) is 20.4 Å². The van der Waals surface area contributed by atoms with E-state index in [9.17, 15) is 4.79 Å². The van der Waals surface area contributed by atoms with Gasteiger partial charge in [-0.3, -0.25) is 4.79 Å².